The molecule has 1 aromatic heterocycles. The molecule has 0 N–H and O–H groups in total. The number of rotatable bonds is 2. The molecule has 7 nitrogen and oxygen atoms in total. The summed E-state index contributed by atoms with van der Waals surface area (Å²) in [6.45, 7) is 1.94. The van der Waals surface area contributed by atoms with Crippen molar-refractivity contribution in [1.29, 1.82) is 0 Å². The Hall–Kier alpha value is -1.91. The van der Waals surface area contributed by atoms with E-state index >= 15 is 0 Å². The van der Waals surface area contributed by atoms with E-state index in [1.165, 1.54) is 17.4 Å². The average molecular weight is 560 g/mol. The number of carbonyl (C=O) groups excluding carboxylic acids is 3. The van der Waals surface area contributed by atoms with Gasteiger partial charge in [0.2, 0.25) is 0 Å². The van der Waals surface area contributed by atoms with Crippen LogP contribution in [0.5, 0.6) is 0 Å². The van der Waals surface area contributed by atoms with Crippen molar-refractivity contribution in [3.05, 3.63) is 58.5 Å². The molecule has 1 aromatic rings. The van der Waals surface area contributed by atoms with Gasteiger partial charge in [-0.25, -0.2) is 0 Å². The van der Waals surface area contributed by atoms with Gasteiger partial charge in [0.25, 0.3) is 0 Å². The molecule has 0 spiro atoms. The van der Waals surface area contributed by atoms with Gasteiger partial charge in [0.05, 0.1) is 19.5 Å². The summed E-state index contributed by atoms with van der Waals surface area (Å²) < 4.78 is 4.89. The van der Waals surface area contributed by atoms with Gasteiger partial charge >= 0.3 is 0 Å². The Kier molecular flexibility index (Phi) is 20.6. The van der Waals surface area contributed by atoms with Crippen molar-refractivity contribution in [3.63, 3.8) is 0 Å². The molecule has 135 valence electrons. The Morgan fingerprint density at radius 2 is 1.60 bits per heavy atom. The molecule has 0 aromatic carbocycles. The molecule has 0 atom stereocenters. The molecule has 0 unspecified atom stereocenters. The second kappa shape index (κ2) is 18.4. The first kappa shape index (κ1) is 27.9. The van der Waals surface area contributed by atoms with Crippen LogP contribution in [-0.4, -0.2) is 52.3 Å². The molecule has 1 heterocycles. The van der Waals surface area contributed by atoms with Crippen LogP contribution in [0.4, 0.5) is 0 Å². The van der Waals surface area contributed by atoms with Crippen LogP contribution in [0.2, 0.25) is 0 Å². The number of carbonyl (C=O) groups is 3. The van der Waals surface area contributed by atoms with Crippen molar-refractivity contribution < 1.29 is 34.4 Å². The summed E-state index contributed by atoms with van der Waals surface area (Å²) in [7, 11) is 1.65. The fraction of sp³-hybridized carbons (Fsp3) is 0.188. The van der Waals surface area contributed by atoms with E-state index in [-0.39, 0.29) is 32.2 Å². The van der Waals surface area contributed by atoms with Crippen molar-refractivity contribution in [1.82, 2.24) is 0 Å². The zero-order chi connectivity index (χ0) is 19.0. The van der Waals surface area contributed by atoms with Crippen molar-refractivity contribution in [2.45, 2.75) is 13.8 Å². The van der Waals surface area contributed by atoms with Crippen molar-refractivity contribution >= 4 is 56.5 Å². The van der Waals surface area contributed by atoms with E-state index < -0.39 is 17.9 Å². The van der Waals surface area contributed by atoms with Crippen molar-refractivity contribution in [2.24, 2.45) is 0 Å². The zero-order valence-corrected chi connectivity index (χ0v) is 18.5. The molecule has 0 bridgehead atoms. The Morgan fingerprint density at radius 3 is 1.80 bits per heavy atom. The number of methoxy groups -OCH3 is 1. The summed E-state index contributed by atoms with van der Waals surface area (Å²) in [5.41, 5.74) is 2.89. The largest absolute Gasteiger partial charge is 0.550 e. The number of hydrogen-bond donors (Lipinski definition) is 0. The van der Waals surface area contributed by atoms with Crippen LogP contribution in [0.3, 0.4) is 0 Å². The van der Waals surface area contributed by atoms with E-state index in [4.69, 9.17) is 24.5 Å². The molecule has 25 heavy (non-hydrogen) atoms. The van der Waals surface area contributed by atoms with E-state index in [1.54, 1.807) is 18.6 Å². The van der Waals surface area contributed by atoms with Crippen LogP contribution in [0.1, 0.15) is 23.5 Å². The van der Waals surface area contributed by atoms with E-state index in [0.717, 1.165) is 19.6 Å². The number of carboxylic acids is 3. The summed E-state index contributed by atoms with van der Waals surface area (Å²) in [6.07, 6.45) is 7.36. The minimum absolute atomic E-state index is 0. The average Bonchev–Trinajstić information content (AvgIpc) is 3.02. The summed E-state index contributed by atoms with van der Waals surface area (Å²) in [5, 5.41) is 29.4. The van der Waals surface area contributed by atoms with Gasteiger partial charge in [-0.05, 0) is 43.5 Å². The molecule has 1 aliphatic carbocycles. The maximum Gasteiger partial charge on any atom is 0.105 e. The van der Waals surface area contributed by atoms with E-state index in [1.807, 2.05) is 24.6 Å². The van der Waals surface area contributed by atoms with E-state index in [9.17, 15) is 9.90 Å². The molecule has 0 aliphatic heterocycles. The normalized spacial score (nSPS) is 9.96. The SMILES string of the molecule is CC(=O)[O-].CC(=O)[O-].COC1=CC=C=C[CH]1.O=C([O-])c1cccs1.[Pb]. The van der Waals surface area contributed by atoms with Gasteiger partial charge in [-0.1, -0.05) is 6.07 Å². The molecule has 9 heteroatoms. The van der Waals surface area contributed by atoms with Crippen LogP contribution in [-0.2, 0) is 14.3 Å². The molecule has 0 fully saturated rings. The molecule has 0 saturated heterocycles. The van der Waals surface area contributed by atoms with Gasteiger partial charge in [-0.2, -0.15) is 0 Å². The first-order valence-electron chi connectivity index (χ1n) is 6.30. The zero-order valence-electron chi connectivity index (χ0n) is 13.8. The van der Waals surface area contributed by atoms with Crippen LogP contribution in [0.25, 0.3) is 0 Å². The van der Waals surface area contributed by atoms with Crippen LogP contribution in [0.15, 0.2) is 47.2 Å². The number of allylic oxidation sites excluding steroid dienone is 2. The van der Waals surface area contributed by atoms with Crippen LogP contribution >= 0.6 is 11.3 Å². The minimum atomic E-state index is -1.10. The topological polar surface area (TPSA) is 130 Å². The molecule has 0 amide bonds. The number of aliphatic carboxylic acids is 2. The summed E-state index contributed by atoms with van der Waals surface area (Å²) in [4.78, 5) is 28.0. The fourth-order valence-electron chi connectivity index (χ4n) is 0.902. The summed E-state index contributed by atoms with van der Waals surface area (Å²) >= 11 is 1.17. The number of ether oxygens (including phenoxy) is 1. The Morgan fingerprint density at radius 1 is 1.08 bits per heavy atom. The van der Waals surface area contributed by atoms with Crippen molar-refractivity contribution in [3.8, 4) is 0 Å². The van der Waals surface area contributed by atoms with Gasteiger partial charge in [-0.3, -0.25) is 0 Å². The molecule has 2 rings (SSSR count). The predicted octanol–water partition coefficient (Wildman–Crippen LogP) is -1.31. The van der Waals surface area contributed by atoms with E-state index in [0.29, 0.717) is 0 Å². The monoisotopic (exact) mass is 560 g/mol. The Labute approximate surface area is 170 Å². The fourth-order valence-corrected chi connectivity index (χ4v) is 1.46. The number of thiophene rings is 1. The third kappa shape index (κ3) is 24.5. The Bertz CT molecular complexity index is 580. The third-order valence-electron chi connectivity index (χ3n) is 1.65. The third-order valence-corrected chi connectivity index (χ3v) is 2.50. The quantitative estimate of drug-likeness (QED) is 0.325. The summed E-state index contributed by atoms with van der Waals surface area (Å²) in [6, 6.07) is 3.19. The van der Waals surface area contributed by atoms with Crippen LogP contribution in [0, 0.1) is 6.42 Å². The molecular formula is C16H16O7PbS-3. The first-order valence-corrected chi connectivity index (χ1v) is 7.18. The standard InChI is InChI=1S/C7H7O.C5H4O2S.2C2H4O2.Pb/c1-8-7-5-3-2-4-6-7;6-5(7)4-2-1-3-8-4;2*1-2(3)4;/h3-6H,1H3;1-3H,(H,6,7);2*1H3,(H,3,4);/p-3. The van der Waals surface area contributed by atoms with Crippen LogP contribution < -0.4 is 15.3 Å². The maximum absolute atomic E-state index is 9.96. The predicted molar refractivity (Wildman–Crippen MR) is 87.8 cm³/mol. The van der Waals surface area contributed by atoms with Gasteiger partial charge in [0, 0.05) is 44.1 Å². The molecular weight excluding hydrogens is 543 g/mol. The first-order chi connectivity index (χ1) is 11.2. The van der Waals surface area contributed by atoms with E-state index in [2.05, 4.69) is 5.73 Å². The number of aromatic carboxylic acids is 1. The molecule has 5 radical (unpaired) electrons. The second-order valence-electron chi connectivity index (χ2n) is 3.69. The number of hydrogen-bond acceptors (Lipinski definition) is 8. The Balaban J connectivity index is -0.000000270. The second-order valence-corrected chi connectivity index (χ2v) is 4.64. The smallest absolute Gasteiger partial charge is 0.105 e. The maximum atomic E-state index is 9.96. The number of carboxylic acid groups (broad SMARTS) is 3. The molecule has 0 saturated carbocycles. The van der Waals surface area contributed by atoms with Gasteiger partial charge in [0.15, 0.2) is 0 Å². The summed E-state index contributed by atoms with van der Waals surface area (Å²) in [5.74, 6) is -2.39. The minimum Gasteiger partial charge on any atom is -0.550 e. The van der Waals surface area contributed by atoms with Gasteiger partial charge < -0.3 is 34.4 Å². The van der Waals surface area contributed by atoms with Gasteiger partial charge in [-0.15, -0.1) is 17.1 Å². The van der Waals surface area contributed by atoms with Crippen molar-refractivity contribution in [2.75, 3.05) is 7.11 Å². The molecule has 1 aliphatic rings. The van der Waals surface area contributed by atoms with Gasteiger partial charge in [0.1, 0.15) is 5.76 Å².